The molecule has 0 aliphatic heterocycles. The second-order valence-corrected chi connectivity index (χ2v) is 8.92. The van der Waals surface area contributed by atoms with Gasteiger partial charge in [-0.15, -0.1) is 0 Å². The second kappa shape index (κ2) is 12.6. The summed E-state index contributed by atoms with van der Waals surface area (Å²) in [6.07, 6.45) is 6.46. The average molecular weight is 422 g/mol. The third-order valence-electron chi connectivity index (χ3n) is 3.60. The van der Waals surface area contributed by atoms with Crippen LogP contribution < -0.4 is 0 Å². The van der Waals surface area contributed by atoms with Crippen LogP contribution in [0, 0.1) is 0 Å². The third-order valence-corrected chi connectivity index (χ3v) is 5.75. The zero-order valence-corrected chi connectivity index (χ0v) is 17.2. The van der Waals surface area contributed by atoms with Crippen LogP contribution in [0.1, 0.15) is 44.6 Å². The molecular formula is C17H28O8P2. The average Bonchev–Trinajstić information content (AvgIpc) is 2.55. The molecule has 0 heterocycles. The normalized spacial score (nSPS) is 14.9. The van der Waals surface area contributed by atoms with Gasteiger partial charge in [-0.2, -0.15) is 4.31 Å². The molecule has 1 atom stereocenters. The van der Waals surface area contributed by atoms with Gasteiger partial charge in [-0.3, -0.25) is 4.52 Å². The van der Waals surface area contributed by atoms with Crippen LogP contribution in [0.3, 0.4) is 0 Å². The van der Waals surface area contributed by atoms with Crippen LogP contribution in [0.2, 0.25) is 0 Å². The fourth-order valence-corrected chi connectivity index (χ4v) is 3.79. The van der Waals surface area contributed by atoms with Crippen molar-refractivity contribution in [3.05, 3.63) is 47.5 Å². The molecule has 154 valence electrons. The van der Waals surface area contributed by atoms with Crippen molar-refractivity contribution < 1.29 is 37.4 Å². The molecule has 8 nitrogen and oxygen atoms in total. The summed E-state index contributed by atoms with van der Waals surface area (Å²) < 4.78 is 35.6. The van der Waals surface area contributed by atoms with Crippen molar-refractivity contribution in [2.24, 2.45) is 0 Å². The predicted octanol–water partition coefficient (Wildman–Crippen LogP) is 4.33. The third kappa shape index (κ3) is 13.9. The van der Waals surface area contributed by atoms with E-state index in [2.05, 4.69) is 8.83 Å². The molecule has 1 unspecified atom stereocenters. The first kappa shape index (κ1) is 24.2. The summed E-state index contributed by atoms with van der Waals surface area (Å²) in [5.74, 6) is 0. The van der Waals surface area contributed by atoms with E-state index in [9.17, 15) is 9.13 Å². The molecule has 0 aliphatic rings. The van der Waals surface area contributed by atoms with Gasteiger partial charge in [-0.1, -0.05) is 54.8 Å². The van der Waals surface area contributed by atoms with E-state index in [0.29, 0.717) is 6.61 Å². The lowest BCUT2D eigenvalue weighted by molar-refractivity contribution is 0.116. The molecule has 27 heavy (non-hydrogen) atoms. The zero-order chi connectivity index (χ0) is 20.2. The summed E-state index contributed by atoms with van der Waals surface area (Å²) in [7, 11) is -9.83. The van der Waals surface area contributed by atoms with Crippen LogP contribution in [0.5, 0.6) is 0 Å². The van der Waals surface area contributed by atoms with Crippen molar-refractivity contribution in [1.82, 2.24) is 0 Å². The maximum atomic E-state index is 11.3. The van der Waals surface area contributed by atoms with Crippen LogP contribution in [-0.2, 0) is 29.3 Å². The molecule has 0 spiro atoms. The summed E-state index contributed by atoms with van der Waals surface area (Å²) in [5.41, 5.74) is 2.13. The number of benzene rings is 1. The minimum Gasteiger partial charge on any atom is -0.377 e. The van der Waals surface area contributed by atoms with Gasteiger partial charge in [0.1, 0.15) is 0 Å². The van der Waals surface area contributed by atoms with Crippen molar-refractivity contribution in [2.75, 3.05) is 13.2 Å². The SMILES string of the molecule is C/C(=C\COP(=O)(O)OP(=O)(O)O)CCCCCCOCc1ccccc1. The monoisotopic (exact) mass is 422 g/mol. The molecule has 0 aromatic heterocycles. The Kier molecular flexibility index (Phi) is 11.3. The molecule has 0 saturated heterocycles. The Morgan fingerprint density at radius 2 is 1.70 bits per heavy atom. The van der Waals surface area contributed by atoms with Gasteiger partial charge < -0.3 is 19.4 Å². The predicted molar refractivity (Wildman–Crippen MR) is 102 cm³/mol. The van der Waals surface area contributed by atoms with E-state index in [1.54, 1.807) is 6.08 Å². The van der Waals surface area contributed by atoms with Crippen molar-refractivity contribution >= 4 is 15.6 Å². The molecule has 1 aromatic rings. The standard InChI is InChI=1S/C17H28O8P2/c1-16(12-14-24-27(21,22)25-26(18,19)20)9-5-2-3-8-13-23-15-17-10-6-4-7-11-17/h4,6-7,10-12H,2-3,5,8-9,13-15H2,1H3,(H,21,22)(H2,18,19,20)/b16-12+. The molecule has 0 aliphatic carbocycles. The van der Waals surface area contributed by atoms with Crippen molar-refractivity contribution in [1.29, 1.82) is 0 Å². The summed E-state index contributed by atoms with van der Waals surface area (Å²) >= 11 is 0. The first-order valence-corrected chi connectivity index (χ1v) is 11.7. The molecule has 1 rings (SSSR count). The summed E-state index contributed by atoms with van der Waals surface area (Å²) in [5, 5.41) is 0. The number of unbranched alkanes of at least 4 members (excludes halogenated alkanes) is 3. The Hall–Kier alpha value is -0.820. The lowest BCUT2D eigenvalue weighted by Gasteiger charge is -2.11. The Balaban J connectivity index is 2.04. The minimum atomic E-state index is -5.07. The van der Waals surface area contributed by atoms with Crippen LogP contribution in [0.25, 0.3) is 0 Å². The van der Waals surface area contributed by atoms with Gasteiger partial charge >= 0.3 is 15.6 Å². The molecule has 0 bridgehead atoms. The fraction of sp³-hybridized carbons (Fsp3) is 0.529. The minimum absolute atomic E-state index is 0.257. The van der Waals surface area contributed by atoms with E-state index in [4.69, 9.17) is 19.4 Å². The van der Waals surface area contributed by atoms with Gasteiger partial charge in [0, 0.05) is 6.61 Å². The molecular weight excluding hydrogens is 394 g/mol. The van der Waals surface area contributed by atoms with Crippen molar-refractivity contribution in [3.8, 4) is 0 Å². The largest absolute Gasteiger partial charge is 0.481 e. The van der Waals surface area contributed by atoms with E-state index in [0.717, 1.165) is 44.3 Å². The van der Waals surface area contributed by atoms with Crippen molar-refractivity contribution in [3.63, 3.8) is 0 Å². The lowest BCUT2D eigenvalue weighted by Crippen LogP contribution is -1.96. The Morgan fingerprint density at radius 3 is 2.37 bits per heavy atom. The van der Waals surface area contributed by atoms with Crippen LogP contribution >= 0.6 is 15.6 Å². The fourth-order valence-electron chi connectivity index (χ4n) is 2.26. The number of phosphoric ester groups is 1. The van der Waals surface area contributed by atoms with Crippen LogP contribution in [0.4, 0.5) is 0 Å². The van der Waals surface area contributed by atoms with Crippen LogP contribution in [-0.4, -0.2) is 27.9 Å². The lowest BCUT2D eigenvalue weighted by atomic mass is 10.1. The smallest absolute Gasteiger partial charge is 0.377 e. The number of allylic oxidation sites excluding steroid dienone is 1. The molecule has 0 fully saturated rings. The van der Waals surface area contributed by atoms with Gasteiger partial charge in [0.2, 0.25) is 0 Å². The number of phosphoric acid groups is 2. The topological polar surface area (TPSA) is 123 Å². The Morgan fingerprint density at radius 1 is 1.04 bits per heavy atom. The van der Waals surface area contributed by atoms with E-state index in [1.165, 1.54) is 5.56 Å². The maximum absolute atomic E-state index is 11.3. The van der Waals surface area contributed by atoms with Crippen molar-refractivity contribution in [2.45, 2.75) is 45.6 Å². The first-order chi connectivity index (χ1) is 12.7. The van der Waals surface area contributed by atoms with E-state index >= 15 is 0 Å². The van der Waals surface area contributed by atoms with E-state index in [1.807, 2.05) is 37.3 Å². The molecule has 0 radical (unpaired) electrons. The first-order valence-electron chi connectivity index (χ1n) is 8.69. The highest BCUT2D eigenvalue weighted by molar-refractivity contribution is 7.60. The van der Waals surface area contributed by atoms with E-state index < -0.39 is 15.6 Å². The Bertz CT molecular complexity index is 656. The summed E-state index contributed by atoms with van der Waals surface area (Å²) in [4.78, 5) is 26.1. The molecule has 1 aromatic carbocycles. The summed E-state index contributed by atoms with van der Waals surface area (Å²) in [6, 6.07) is 10.0. The highest BCUT2D eigenvalue weighted by atomic mass is 31.3. The summed E-state index contributed by atoms with van der Waals surface area (Å²) in [6.45, 7) is 2.96. The molecule has 3 N–H and O–H groups in total. The second-order valence-electron chi connectivity index (χ2n) is 6.09. The van der Waals surface area contributed by atoms with Gasteiger partial charge in [0.25, 0.3) is 0 Å². The maximum Gasteiger partial charge on any atom is 0.481 e. The highest BCUT2D eigenvalue weighted by Crippen LogP contribution is 2.57. The zero-order valence-electron chi connectivity index (χ0n) is 15.4. The van der Waals surface area contributed by atoms with E-state index in [-0.39, 0.29) is 6.61 Å². The number of hydrogen-bond acceptors (Lipinski definition) is 5. The molecule has 0 saturated carbocycles. The number of hydrogen-bond donors (Lipinski definition) is 3. The van der Waals surface area contributed by atoms with Gasteiger partial charge in [0.15, 0.2) is 0 Å². The molecule has 0 amide bonds. The van der Waals surface area contributed by atoms with Crippen LogP contribution in [0.15, 0.2) is 42.0 Å². The highest BCUT2D eigenvalue weighted by Gasteiger charge is 2.31. The van der Waals surface area contributed by atoms with Gasteiger partial charge in [-0.25, -0.2) is 9.13 Å². The van der Waals surface area contributed by atoms with Gasteiger partial charge in [0.05, 0.1) is 13.2 Å². The van der Waals surface area contributed by atoms with Gasteiger partial charge in [-0.05, 0) is 31.7 Å². The molecule has 10 heteroatoms. The number of rotatable bonds is 14. The Labute approximate surface area is 160 Å². The quantitative estimate of drug-likeness (QED) is 0.230. The number of ether oxygens (including phenoxy) is 1.